The lowest BCUT2D eigenvalue weighted by atomic mass is 10.0. The van der Waals surface area contributed by atoms with Gasteiger partial charge in [-0.15, -0.1) is 0 Å². The van der Waals surface area contributed by atoms with Gasteiger partial charge in [0.2, 0.25) is 0 Å². The van der Waals surface area contributed by atoms with Crippen LogP contribution >= 0.6 is 0 Å². The maximum Gasteiger partial charge on any atom is 0.0540 e. The number of unbranched alkanes of at least 4 members (excludes halogenated alkanes) is 38. The summed E-state index contributed by atoms with van der Waals surface area (Å²) in [6, 6.07) is 0. The van der Waals surface area contributed by atoms with Gasteiger partial charge in [0.25, 0.3) is 0 Å². The minimum absolute atomic E-state index is 0.0358. The van der Waals surface area contributed by atoms with E-state index in [1.54, 1.807) is 0 Å². The van der Waals surface area contributed by atoms with Crippen LogP contribution < -0.4 is 0 Å². The summed E-state index contributed by atoms with van der Waals surface area (Å²) >= 11 is 0. The van der Waals surface area contributed by atoms with Crippen molar-refractivity contribution in [2.24, 2.45) is 0 Å². The van der Waals surface area contributed by atoms with Gasteiger partial charge >= 0.3 is 0 Å². The lowest BCUT2D eigenvalue weighted by Gasteiger charge is -2.10. The van der Waals surface area contributed by atoms with Crippen molar-refractivity contribution in [3.8, 4) is 0 Å². The van der Waals surface area contributed by atoms with Crippen molar-refractivity contribution in [3.63, 3.8) is 0 Å². The summed E-state index contributed by atoms with van der Waals surface area (Å²) in [5.74, 6) is 0. The minimum atomic E-state index is -0.0358. The first-order valence-electron chi connectivity index (χ1n) is 22.5. The highest BCUT2D eigenvalue weighted by atomic mass is 16.3. The van der Waals surface area contributed by atoms with E-state index in [4.69, 9.17) is 0 Å². The number of hydrogen-bond acceptors (Lipinski definition) is 1. The molecule has 1 nitrogen and oxygen atoms in total. The zero-order chi connectivity index (χ0) is 33.3. The topological polar surface area (TPSA) is 20.2 Å². The fourth-order valence-electron chi connectivity index (χ4n) is 7.41. The first-order valence-corrected chi connectivity index (χ1v) is 22.5. The SMILES string of the molecule is CCCCCCCCCCCCCCCCCCCCCCCCCC[C@H](O)CCCCCCCCCCCCCCCCCC. The molecule has 1 atom stereocenters. The van der Waals surface area contributed by atoms with Crippen molar-refractivity contribution >= 4 is 0 Å². The van der Waals surface area contributed by atoms with Gasteiger partial charge in [-0.3, -0.25) is 0 Å². The molecule has 0 rings (SSSR count). The molecule has 0 aliphatic rings. The fraction of sp³-hybridized carbons (Fsp3) is 1.00. The Morgan fingerprint density at radius 1 is 0.217 bits per heavy atom. The van der Waals surface area contributed by atoms with E-state index in [9.17, 15) is 5.11 Å². The summed E-state index contributed by atoms with van der Waals surface area (Å²) in [5.41, 5.74) is 0. The molecule has 0 aromatic carbocycles. The van der Waals surface area contributed by atoms with Crippen molar-refractivity contribution < 1.29 is 5.11 Å². The number of hydrogen-bond donors (Lipinski definition) is 1. The zero-order valence-corrected chi connectivity index (χ0v) is 32.7. The van der Waals surface area contributed by atoms with E-state index < -0.39 is 0 Å². The van der Waals surface area contributed by atoms with Crippen LogP contribution in [-0.4, -0.2) is 11.2 Å². The Bertz CT molecular complexity index is 501. The molecule has 0 saturated carbocycles. The molecule has 0 spiro atoms. The molecule has 0 aliphatic heterocycles. The molecule has 0 unspecified atom stereocenters. The van der Waals surface area contributed by atoms with Crippen LogP contribution in [-0.2, 0) is 0 Å². The standard InChI is InChI=1S/C45H92O/c1-3-5-7-9-11-13-15-17-19-21-22-23-24-25-26-27-28-30-32-34-36-38-40-42-44-45(46)43-41-39-37-35-33-31-29-20-18-16-14-12-10-8-6-4-2/h45-46H,3-44H2,1-2H3/t45-/m1/s1. The number of aliphatic hydroxyl groups excluding tert-OH is 1. The first kappa shape index (κ1) is 46.0. The van der Waals surface area contributed by atoms with E-state index in [-0.39, 0.29) is 6.10 Å². The van der Waals surface area contributed by atoms with E-state index in [1.165, 1.54) is 257 Å². The van der Waals surface area contributed by atoms with Gasteiger partial charge in [-0.25, -0.2) is 0 Å². The van der Waals surface area contributed by atoms with E-state index in [1.807, 2.05) is 0 Å². The second-order valence-electron chi connectivity index (χ2n) is 15.7. The molecule has 0 heterocycles. The van der Waals surface area contributed by atoms with Gasteiger partial charge in [0.15, 0.2) is 0 Å². The second-order valence-corrected chi connectivity index (χ2v) is 15.7. The smallest absolute Gasteiger partial charge is 0.0540 e. The van der Waals surface area contributed by atoms with E-state index in [0.717, 1.165) is 12.8 Å². The summed E-state index contributed by atoms with van der Waals surface area (Å²) in [4.78, 5) is 0. The summed E-state index contributed by atoms with van der Waals surface area (Å²) in [5, 5.41) is 10.3. The molecule has 46 heavy (non-hydrogen) atoms. The largest absolute Gasteiger partial charge is 0.393 e. The van der Waals surface area contributed by atoms with Gasteiger partial charge in [0, 0.05) is 0 Å². The monoisotopic (exact) mass is 649 g/mol. The molecule has 0 radical (unpaired) electrons. The van der Waals surface area contributed by atoms with Crippen LogP contribution in [0.4, 0.5) is 0 Å². The highest BCUT2D eigenvalue weighted by molar-refractivity contribution is 4.58. The van der Waals surface area contributed by atoms with Crippen LogP contribution in [0.5, 0.6) is 0 Å². The van der Waals surface area contributed by atoms with Gasteiger partial charge in [0.05, 0.1) is 6.10 Å². The summed E-state index contributed by atoms with van der Waals surface area (Å²) in [7, 11) is 0. The number of aliphatic hydroxyl groups is 1. The normalized spacial score (nSPS) is 12.3. The lowest BCUT2D eigenvalue weighted by Crippen LogP contribution is -2.05. The van der Waals surface area contributed by atoms with Crippen molar-refractivity contribution in [1.29, 1.82) is 0 Å². The average Bonchev–Trinajstić information content (AvgIpc) is 3.06. The predicted octanol–water partition coefficient (Wildman–Crippen LogP) is 16.8. The maximum absolute atomic E-state index is 10.3. The minimum Gasteiger partial charge on any atom is -0.393 e. The Balaban J connectivity index is 3.13. The van der Waals surface area contributed by atoms with Crippen LogP contribution in [0.3, 0.4) is 0 Å². The zero-order valence-electron chi connectivity index (χ0n) is 32.7. The Labute approximate surface area is 294 Å². The molecule has 278 valence electrons. The van der Waals surface area contributed by atoms with Gasteiger partial charge in [0.1, 0.15) is 0 Å². The molecule has 0 bridgehead atoms. The molecular weight excluding hydrogens is 556 g/mol. The molecule has 0 aromatic heterocycles. The molecule has 0 aliphatic carbocycles. The lowest BCUT2D eigenvalue weighted by molar-refractivity contribution is 0.147. The summed E-state index contributed by atoms with van der Waals surface area (Å²) < 4.78 is 0. The third-order valence-corrected chi connectivity index (χ3v) is 10.8. The van der Waals surface area contributed by atoms with Crippen molar-refractivity contribution in [3.05, 3.63) is 0 Å². The predicted molar refractivity (Wildman–Crippen MR) is 211 cm³/mol. The number of rotatable bonds is 42. The van der Waals surface area contributed by atoms with Crippen molar-refractivity contribution in [1.82, 2.24) is 0 Å². The van der Waals surface area contributed by atoms with Crippen LogP contribution in [0.25, 0.3) is 0 Å². The molecule has 0 amide bonds. The van der Waals surface area contributed by atoms with E-state index >= 15 is 0 Å². The Hall–Kier alpha value is -0.0400. The molecular formula is C45H92O. The Morgan fingerprint density at radius 3 is 0.500 bits per heavy atom. The Morgan fingerprint density at radius 2 is 0.348 bits per heavy atom. The van der Waals surface area contributed by atoms with Gasteiger partial charge in [-0.05, 0) is 12.8 Å². The summed E-state index contributed by atoms with van der Waals surface area (Å²) in [6.45, 7) is 4.61. The van der Waals surface area contributed by atoms with Crippen LogP contribution in [0.2, 0.25) is 0 Å². The van der Waals surface area contributed by atoms with Crippen LogP contribution in [0.15, 0.2) is 0 Å². The van der Waals surface area contributed by atoms with Gasteiger partial charge in [-0.2, -0.15) is 0 Å². The van der Waals surface area contributed by atoms with Gasteiger partial charge in [-0.1, -0.05) is 271 Å². The summed E-state index contributed by atoms with van der Waals surface area (Å²) in [6.07, 6.45) is 59.4. The maximum atomic E-state index is 10.3. The van der Waals surface area contributed by atoms with Crippen molar-refractivity contribution in [2.45, 2.75) is 290 Å². The van der Waals surface area contributed by atoms with Crippen molar-refractivity contribution in [2.75, 3.05) is 0 Å². The van der Waals surface area contributed by atoms with Crippen LogP contribution in [0, 0.1) is 0 Å². The molecule has 0 fully saturated rings. The fourth-order valence-corrected chi connectivity index (χ4v) is 7.41. The van der Waals surface area contributed by atoms with E-state index in [0.29, 0.717) is 0 Å². The average molecular weight is 649 g/mol. The highest BCUT2D eigenvalue weighted by Gasteiger charge is 2.04. The Kier molecular flexibility index (Phi) is 42.9. The van der Waals surface area contributed by atoms with E-state index in [2.05, 4.69) is 13.8 Å². The van der Waals surface area contributed by atoms with Gasteiger partial charge < -0.3 is 5.11 Å². The molecule has 0 aromatic rings. The quantitative estimate of drug-likeness (QED) is 0.0653. The third-order valence-electron chi connectivity index (χ3n) is 10.8. The first-order chi connectivity index (χ1) is 22.8. The molecule has 1 N–H and O–H groups in total. The second kappa shape index (κ2) is 43.0. The molecule has 1 heteroatoms. The third kappa shape index (κ3) is 42.0. The molecule has 0 saturated heterocycles. The highest BCUT2D eigenvalue weighted by Crippen LogP contribution is 2.18. The van der Waals surface area contributed by atoms with Crippen LogP contribution in [0.1, 0.15) is 284 Å².